The van der Waals surface area contributed by atoms with Gasteiger partial charge >= 0.3 is 0 Å². The molecule has 0 aliphatic carbocycles. The van der Waals surface area contributed by atoms with E-state index in [9.17, 15) is 13.2 Å². The topological polar surface area (TPSA) is 67.3 Å². The van der Waals surface area contributed by atoms with Gasteiger partial charge in [-0.05, 0) is 73.1 Å². The maximum atomic E-state index is 12.7. The SMILES string of the molecule is CCN(C(=O)c1ccc(S(=O)(=O)C(C)C)cc1)c1ccc(Br)cn1. The van der Waals surface area contributed by atoms with Crippen molar-refractivity contribution < 1.29 is 13.2 Å². The molecule has 0 aliphatic heterocycles. The zero-order valence-corrected chi connectivity index (χ0v) is 16.1. The summed E-state index contributed by atoms with van der Waals surface area (Å²) in [5, 5.41) is -0.502. The van der Waals surface area contributed by atoms with Gasteiger partial charge in [0.05, 0.1) is 10.1 Å². The number of hydrogen-bond acceptors (Lipinski definition) is 4. The Morgan fingerprint density at radius 2 is 1.79 bits per heavy atom. The Kier molecular flexibility index (Phi) is 5.77. The molecular weight excluding hydrogens is 392 g/mol. The third kappa shape index (κ3) is 3.84. The number of pyridine rings is 1. The minimum absolute atomic E-state index is 0.221. The van der Waals surface area contributed by atoms with Crippen molar-refractivity contribution in [3.63, 3.8) is 0 Å². The van der Waals surface area contributed by atoms with E-state index in [0.717, 1.165) is 4.47 Å². The lowest BCUT2D eigenvalue weighted by Gasteiger charge is -2.20. The first-order chi connectivity index (χ1) is 11.3. The highest BCUT2D eigenvalue weighted by atomic mass is 79.9. The Morgan fingerprint density at radius 1 is 1.17 bits per heavy atom. The quantitative estimate of drug-likeness (QED) is 0.753. The van der Waals surface area contributed by atoms with E-state index in [1.165, 1.54) is 12.1 Å². The first-order valence-electron chi connectivity index (χ1n) is 7.54. The molecule has 0 bridgehead atoms. The molecule has 0 N–H and O–H groups in total. The van der Waals surface area contributed by atoms with Crippen LogP contribution in [0.15, 0.2) is 52.0 Å². The number of hydrogen-bond donors (Lipinski definition) is 0. The van der Waals surface area contributed by atoms with Gasteiger partial charge in [0.25, 0.3) is 5.91 Å². The zero-order valence-electron chi connectivity index (χ0n) is 13.7. The molecule has 1 aromatic carbocycles. The van der Waals surface area contributed by atoms with E-state index in [4.69, 9.17) is 0 Å². The van der Waals surface area contributed by atoms with E-state index in [2.05, 4.69) is 20.9 Å². The lowest BCUT2D eigenvalue weighted by molar-refractivity contribution is 0.0987. The number of aromatic nitrogens is 1. The average Bonchev–Trinajstić information content (AvgIpc) is 2.57. The Morgan fingerprint density at radius 3 is 2.25 bits per heavy atom. The average molecular weight is 411 g/mol. The fourth-order valence-electron chi connectivity index (χ4n) is 2.15. The van der Waals surface area contributed by atoms with Gasteiger partial charge in [-0.1, -0.05) is 0 Å². The second-order valence-electron chi connectivity index (χ2n) is 5.50. The predicted octanol–water partition coefficient (Wildman–Crippen LogP) is 3.69. The van der Waals surface area contributed by atoms with E-state index in [-0.39, 0.29) is 10.8 Å². The van der Waals surface area contributed by atoms with Crippen LogP contribution in [0.5, 0.6) is 0 Å². The zero-order chi connectivity index (χ0) is 17.9. The summed E-state index contributed by atoms with van der Waals surface area (Å²) in [6.45, 7) is 5.58. The number of carbonyl (C=O) groups is 1. The van der Waals surface area contributed by atoms with Crippen molar-refractivity contribution in [1.82, 2.24) is 4.98 Å². The Labute approximate surface area is 150 Å². The minimum atomic E-state index is -3.34. The fraction of sp³-hybridized carbons (Fsp3) is 0.294. The number of nitrogens with zero attached hydrogens (tertiary/aromatic N) is 2. The molecule has 0 spiro atoms. The molecule has 24 heavy (non-hydrogen) atoms. The fourth-order valence-corrected chi connectivity index (χ4v) is 3.45. The van der Waals surface area contributed by atoms with E-state index in [1.807, 2.05) is 13.0 Å². The third-order valence-electron chi connectivity index (χ3n) is 3.60. The second-order valence-corrected chi connectivity index (χ2v) is 8.92. The molecule has 128 valence electrons. The molecule has 1 amide bonds. The van der Waals surface area contributed by atoms with Gasteiger partial charge < -0.3 is 0 Å². The number of sulfone groups is 1. The van der Waals surface area contributed by atoms with Crippen LogP contribution in [0.1, 0.15) is 31.1 Å². The summed E-state index contributed by atoms with van der Waals surface area (Å²) in [7, 11) is -3.34. The molecule has 1 aromatic heterocycles. The molecule has 0 fully saturated rings. The monoisotopic (exact) mass is 410 g/mol. The van der Waals surface area contributed by atoms with E-state index < -0.39 is 15.1 Å². The minimum Gasteiger partial charge on any atom is -0.293 e. The van der Waals surface area contributed by atoms with E-state index in [0.29, 0.717) is 17.9 Å². The molecule has 0 saturated heterocycles. The van der Waals surface area contributed by atoms with Crippen LogP contribution < -0.4 is 4.90 Å². The number of rotatable bonds is 5. The maximum Gasteiger partial charge on any atom is 0.259 e. The highest BCUT2D eigenvalue weighted by molar-refractivity contribution is 9.10. The molecule has 0 saturated carbocycles. The van der Waals surface area contributed by atoms with Crippen LogP contribution in [0.2, 0.25) is 0 Å². The van der Waals surface area contributed by atoms with Crippen LogP contribution in [0.4, 0.5) is 5.82 Å². The number of halogens is 1. The molecule has 7 heteroatoms. The first-order valence-corrected chi connectivity index (χ1v) is 9.88. The molecule has 0 aliphatic rings. The van der Waals surface area contributed by atoms with Gasteiger partial charge in [0.2, 0.25) is 0 Å². The predicted molar refractivity (Wildman–Crippen MR) is 98.1 cm³/mol. The largest absolute Gasteiger partial charge is 0.293 e. The summed E-state index contributed by atoms with van der Waals surface area (Å²) in [6, 6.07) is 9.61. The number of amides is 1. The Bertz CT molecular complexity index is 816. The van der Waals surface area contributed by atoms with E-state index >= 15 is 0 Å². The van der Waals surface area contributed by atoms with Crippen LogP contribution in [0.25, 0.3) is 0 Å². The van der Waals surface area contributed by atoms with Gasteiger partial charge in [-0.15, -0.1) is 0 Å². The van der Waals surface area contributed by atoms with Crippen LogP contribution in [0.3, 0.4) is 0 Å². The summed E-state index contributed by atoms with van der Waals surface area (Å²) in [5.74, 6) is 0.324. The lowest BCUT2D eigenvalue weighted by Crippen LogP contribution is -2.31. The van der Waals surface area contributed by atoms with Crippen LogP contribution >= 0.6 is 15.9 Å². The van der Waals surface area contributed by atoms with Gasteiger partial charge in [-0.25, -0.2) is 13.4 Å². The summed E-state index contributed by atoms with van der Waals surface area (Å²) in [6.07, 6.45) is 1.63. The molecule has 0 atom stereocenters. The van der Waals surface area contributed by atoms with Crippen molar-refractivity contribution >= 4 is 37.5 Å². The van der Waals surface area contributed by atoms with Gasteiger partial charge in [-0.2, -0.15) is 0 Å². The van der Waals surface area contributed by atoms with Crippen molar-refractivity contribution in [3.05, 3.63) is 52.6 Å². The maximum absolute atomic E-state index is 12.7. The smallest absolute Gasteiger partial charge is 0.259 e. The third-order valence-corrected chi connectivity index (χ3v) is 6.24. The van der Waals surface area contributed by atoms with Crippen LogP contribution in [-0.4, -0.2) is 31.1 Å². The lowest BCUT2D eigenvalue weighted by atomic mass is 10.2. The second kappa shape index (κ2) is 7.44. The van der Waals surface area contributed by atoms with Gasteiger partial charge in [0.1, 0.15) is 5.82 Å². The molecule has 1 heterocycles. The highest BCUT2D eigenvalue weighted by Gasteiger charge is 2.21. The van der Waals surface area contributed by atoms with Crippen molar-refractivity contribution in [2.75, 3.05) is 11.4 Å². The van der Waals surface area contributed by atoms with Crippen molar-refractivity contribution in [2.24, 2.45) is 0 Å². The van der Waals surface area contributed by atoms with Gasteiger partial charge in [-0.3, -0.25) is 9.69 Å². The molecular formula is C17H19BrN2O3S. The Balaban J connectivity index is 2.30. The summed E-state index contributed by atoms with van der Waals surface area (Å²) in [4.78, 5) is 18.7. The molecule has 2 aromatic rings. The first kappa shape index (κ1) is 18.6. The van der Waals surface area contributed by atoms with Crippen LogP contribution in [-0.2, 0) is 9.84 Å². The Hall–Kier alpha value is -1.73. The van der Waals surface area contributed by atoms with Crippen molar-refractivity contribution in [1.29, 1.82) is 0 Å². The molecule has 2 rings (SSSR count). The number of benzene rings is 1. The van der Waals surface area contributed by atoms with Gasteiger partial charge in [0.15, 0.2) is 9.84 Å². The number of anilines is 1. The normalized spacial score (nSPS) is 11.5. The van der Waals surface area contributed by atoms with Crippen molar-refractivity contribution in [2.45, 2.75) is 30.9 Å². The highest BCUT2D eigenvalue weighted by Crippen LogP contribution is 2.20. The summed E-state index contributed by atoms with van der Waals surface area (Å²) < 4.78 is 25.1. The van der Waals surface area contributed by atoms with Crippen molar-refractivity contribution in [3.8, 4) is 0 Å². The summed E-state index contributed by atoms with van der Waals surface area (Å²) in [5.41, 5.74) is 0.421. The van der Waals surface area contributed by atoms with E-state index in [1.54, 1.807) is 43.1 Å². The molecule has 0 radical (unpaired) electrons. The van der Waals surface area contributed by atoms with Gasteiger partial charge in [0, 0.05) is 22.8 Å². The standard InChI is InChI=1S/C17H19BrN2O3S/c1-4-20(16-10-7-14(18)11-19-16)17(21)13-5-8-15(9-6-13)24(22,23)12(2)3/h5-12H,4H2,1-3H3. The van der Waals surface area contributed by atoms with Crippen LogP contribution in [0, 0.1) is 0 Å². The summed E-state index contributed by atoms with van der Waals surface area (Å²) >= 11 is 3.31. The molecule has 0 unspecified atom stereocenters. The number of carbonyl (C=O) groups excluding carboxylic acids is 1. The molecule has 5 nitrogen and oxygen atoms in total.